The highest BCUT2D eigenvalue weighted by Gasteiger charge is 2.28. The molecule has 6 nitrogen and oxygen atoms in total. The number of piperidine rings is 1. The first-order valence-corrected chi connectivity index (χ1v) is 7.93. The highest BCUT2D eigenvalue weighted by molar-refractivity contribution is 5.85. The molecule has 0 spiro atoms. The van der Waals surface area contributed by atoms with Gasteiger partial charge in [0.15, 0.2) is 0 Å². The van der Waals surface area contributed by atoms with Crippen molar-refractivity contribution in [2.45, 2.75) is 51.9 Å². The monoisotopic (exact) mass is 295 g/mol. The molecule has 1 aliphatic heterocycles. The lowest BCUT2D eigenvalue weighted by Crippen LogP contribution is -2.51. The van der Waals surface area contributed by atoms with E-state index in [4.69, 9.17) is 0 Å². The Kier molecular flexibility index (Phi) is 5.59. The summed E-state index contributed by atoms with van der Waals surface area (Å²) in [6, 6.07) is 0. The number of rotatable bonds is 2. The Balaban J connectivity index is 1.75. The molecule has 1 saturated heterocycles. The average molecular weight is 295 g/mol. The lowest BCUT2D eigenvalue weighted by atomic mass is 9.89. The number of amides is 3. The van der Waals surface area contributed by atoms with Gasteiger partial charge in [-0.25, -0.2) is 0 Å². The van der Waals surface area contributed by atoms with Gasteiger partial charge in [0.25, 0.3) is 0 Å². The number of nitrogens with one attached hydrogen (secondary N) is 2. The van der Waals surface area contributed by atoms with Crippen LogP contribution in [0.2, 0.25) is 0 Å². The predicted molar refractivity (Wildman–Crippen MR) is 77.8 cm³/mol. The molecule has 1 aliphatic carbocycles. The molecular weight excluding hydrogens is 270 g/mol. The van der Waals surface area contributed by atoms with Crippen LogP contribution in [0.15, 0.2) is 0 Å². The van der Waals surface area contributed by atoms with Crippen LogP contribution in [0.25, 0.3) is 0 Å². The lowest BCUT2D eigenvalue weighted by molar-refractivity contribution is -0.137. The fraction of sp³-hybridized carbons (Fsp3) is 0.800. The van der Waals surface area contributed by atoms with Crippen LogP contribution in [-0.4, -0.2) is 35.7 Å². The summed E-state index contributed by atoms with van der Waals surface area (Å²) in [4.78, 5) is 37.1. The van der Waals surface area contributed by atoms with E-state index >= 15 is 0 Å². The van der Waals surface area contributed by atoms with Crippen LogP contribution < -0.4 is 10.9 Å². The van der Waals surface area contributed by atoms with Gasteiger partial charge in [0.1, 0.15) is 0 Å². The summed E-state index contributed by atoms with van der Waals surface area (Å²) in [6.45, 7) is 2.68. The van der Waals surface area contributed by atoms with E-state index in [1.807, 2.05) is 0 Å². The van der Waals surface area contributed by atoms with E-state index in [1.165, 1.54) is 13.3 Å². The molecule has 2 N–H and O–H groups in total. The van der Waals surface area contributed by atoms with Gasteiger partial charge in [-0.1, -0.05) is 19.3 Å². The zero-order valence-electron chi connectivity index (χ0n) is 12.7. The van der Waals surface area contributed by atoms with Crippen LogP contribution in [0.4, 0.5) is 0 Å². The van der Waals surface area contributed by atoms with Crippen molar-refractivity contribution < 1.29 is 14.4 Å². The molecule has 0 aromatic heterocycles. The second kappa shape index (κ2) is 7.43. The van der Waals surface area contributed by atoms with Gasteiger partial charge in [0, 0.05) is 25.9 Å². The zero-order chi connectivity index (χ0) is 15.2. The van der Waals surface area contributed by atoms with Crippen molar-refractivity contribution in [3.05, 3.63) is 0 Å². The van der Waals surface area contributed by atoms with E-state index in [1.54, 1.807) is 4.90 Å². The van der Waals surface area contributed by atoms with E-state index in [9.17, 15) is 14.4 Å². The fourth-order valence-corrected chi connectivity index (χ4v) is 3.17. The normalized spacial score (nSPS) is 23.5. The van der Waals surface area contributed by atoms with Crippen molar-refractivity contribution in [2.24, 2.45) is 11.8 Å². The third-order valence-electron chi connectivity index (χ3n) is 4.52. The van der Waals surface area contributed by atoms with Gasteiger partial charge in [-0.2, -0.15) is 0 Å². The van der Waals surface area contributed by atoms with E-state index in [-0.39, 0.29) is 29.6 Å². The number of nitrogens with zero attached hydrogens (tertiary/aromatic N) is 1. The van der Waals surface area contributed by atoms with E-state index < -0.39 is 0 Å². The second-order valence-electron chi connectivity index (χ2n) is 6.12. The Morgan fingerprint density at radius 3 is 2.05 bits per heavy atom. The minimum Gasteiger partial charge on any atom is -0.342 e. The van der Waals surface area contributed by atoms with Gasteiger partial charge >= 0.3 is 0 Å². The summed E-state index contributed by atoms with van der Waals surface area (Å²) >= 11 is 0. The first-order valence-electron chi connectivity index (χ1n) is 7.93. The summed E-state index contributed by atoms with van der Waals surface area (Å²) in [5.74, 6) is -0.473. The molecule has 21 heavy (non-hydrogen) atoms. The zero-order valence-corrected chi connectivity index (χ0v) is 12.7. The SMILES string of the molecule is CC(=O)N1CCC[C@H](C(=O)NNC(=O)C2CCCCC2)C1. The topological polar surface area (TPSA) is 78.5 Å². The van der Waals surface area contributed by atoms with Gasteiger partial charge in [-0.3, -0.25) is 25.2 Å². The molecule has 0 radical (unpaired) electrons. The smallest absolute Gasteiger partial charge is 0.243 e. The molecule has 1 atom stereocenters. The molecule has 6 heteroatoms. The van der Waals surface area contributed by atoms with Crippen LogP contribution in [0, 0.1) is 11.8 Å². The Morgan fingerprint density at radius 2 is 1.43 bits per heavy atom. The standard InChI is InChI=1S/C15H25N3O3/c1-11(19)18-9-5-8-13(10-18)15(21)17-16-14(20)12-6-3-2-4-7-12/h12-13H,2-10H2,1H3,(H,16,20)(H,17,21)/t13-/m0/s1. The van der Waals surface area contributed by atoms with Crippen molar-refractivity contribution in [3.63, 3.8) is 0 Å². The molecule has 2 rings (SSSR count). The van der Waals surface area contributed by atoms with Gasteiger partial charge in [-0.05, 0) is 25.7 Å². The Labute approximate surface area is 125 Å². The van der Waals surface area contributed by atoms with Gasteiger partial charge < -0.3 is 4.90 Å². The first-order chi connectivity index (χ1) is 10.1. The number of hydrogen-bond acceptors (Lipinski definition) is 3. The minimum atomic E-state index is -0.227. The van der Waals surface area contributed by atoms with Crippen molar-refractivity contribution >= 4 is 17.7 Å². The number of hydrogen-bond donors (Lipinski definition) is 2. The quantitative estimate of drug-likeness (QED) is 0.745. The van der Waals surface area contributed by atoms with Gasteiger partial charge in [0.2, 0.25) is 17.7 Å². The lowest BCUT2D eigenvalue weighted by Gasteiger charge is -2.31. The third kappa shape index (κ3) is 4.44. The maximum absolute atomic E-state index is 12.1. The molecule has 1 saturated carbocycles. The largest absolute Gasteiger partial charge is 0.342 e. The summed E-state index contributed by atoms with van der Waals surface area (Å²) < 4.78 is 0. The average Bonchev–Trinajstić information content (AvgIpc) is 2.53. The highest BCUT2D eigenvalue weighted by Crippen LogP contribution is 2.23. The molecule has 1 heterocycles. The maximum Gasteiger partial charge on any atom is 0.243 e. The molecule has 0 aromatic carbocycles. The van der Waals surface area contributed by atoms with E-state index in [2.05, 4.69) is 10.9 Å². The van der Waals surface area contributed by atoms with Crippen LogP contribution in [-0.2, 0) is 14.4 Å². The Bertz CT molecular complexity index is 405. The number of hydrazine groups is 1. The van der Waals surface area contributed by atoms with Gasteiger partial charge in [-0.15, -0.1) is 0 Å². The third-order valence-corrected chi connectivity index (χ3v) is 4.52. The van der Waals surface area contributed by atoms with Crippen LogP contribution in [0.3, 0.4) is 0 Å². The molecule has 0 unspecified atom stereocenters. The van der Waals surface area contributed by atoms with Crippen molar-refractivity contribution in [1.82, 2.24) is 15.8 Å². The summed E-state index contributed by atoms with van der Waals surface area (Å²) in [7, 11) is 0. The Hall–Kier alpha value is -1.59. The highest BCUT2D eigenvalue weighted by atomic mass is 16.2. The molecule has 0 bridgehead atoms. The molecule has 118 valence electrons. The predicted octanol–water partition coefficient (Wildman–Crippen LogP) is 0.973. The molecule has 2 fully saturated rings. The molecule has 2 aliphatic rings. The minimum absolute atomic E-state index is 0.00117. The van der Waals surface area contributed by atoms with Gasteiger partial charge in [0.05, 0.1) is 5.92 Å². The number of carbonyl (C=O) groups is 3. The van der Waals surface area contributed by atoms with Crippen LogP contribution >= 0.6 is 0 Å². The van der Waals surface area contributed by atoms with E-state index in [0.29, 0.717) is 13.1 Å². The summed E-state index contributed by atoms with van der Waals surface area (Å²) in [5, 5.41) is 0. The second-order valence-corrected chi connectivity index (χ2v) is 6.12. The summed E-state index contributed by atoms with van der Waals surface area (Å²) in [6.07, 6.45) is 6.76. The van der Waals surface area contributed by atoms with Crippen molar-refractivity contribution in [3.8, 4) is 0 Å². The number of likely N-dealkylation sites (tertiary alicyclic amines) is 1. The maximum atomic E-state index is 12.1. The van der Waals surface area contributed by atoms with Crippen LogP contribution in [0.1, 0.15) is 51.9 Å². The molecular formula is C15H25N3O3. The summed E-state index contributed by atoms with van der Waals surface area (Å²) in [5.41, 5.74) is 5.08. The van der Waals surface area contributed by atoms with Crippen molar-refractivity contribution in [1.29, 1.82) is 0 Å². The fourth-order valence-electron chi connectivity index (χ4n) is 3.17. The Morgan fingerprint density at radius 1 is 0.857 bits per heavy atom. The van der Waals surface area contributed by atoms with E-state index in [0.717, 1.165) is 38.5 Å². The number of carbonyl (C=O) groups excluding carboxylic acids is 3. The molecule has 0 aromatic rings. The first kappa shape index (κ1) is 15.8. The van der Waals surface area contributed by atoms with Crippen molar-refractivity contribution in [2.75, 3.05) is 13.1 Å². The molecule has 3 amide bonds. The van der Waals surface area contributed by atoms with Crippen LogP contribution in [0.5, 0.6) is 0 Å².